The number of nitrogens with zero attached hydrogens (tertiary/aromatic N) is 1. The van der Waals surface area contributed by atoms with Crippen LogP contribution in [0.3, 0.4) is 0 Å². The lowest BCUT2D eigenvalue weighted by molar-refractivity contribution is -0.186. The van der Waals surface area contributed by atoms with Crippen LogP contribution in [0, 0.1) is 11.3 Å². The van der Waals surface area contributed by atoms with E-state index in [4.69, 9.17) is 4.74 Å². The van der Waals surface area contributed by atoms with Crippen molar-refractivity contribution in [2.45, 2.75) is 52.5 Å². The molecular formula is C16H23NO8S. The molecule has 26 heavy (non-hydrogen) atoms. The van der Waals surface area contributed by atoms with Crippen LogP contribution < -0.4 is 0 Å². The summed E-state index contributed by atoms with van der Waals surface area (Å²) < 4.78 is 9.28. The van der Waals surface area contributed by atoms with E-state index >= 15 is 0 Å². The number of esters is 2. The van der Waals surface area contributed by atoms with E-state index in [0.717, 1.165) is 0 Å². The van der Waals surface area contributed by atoms with Gasteiger partial charge in [-0.2, -0.15) is 0 Å². The van der Waals surface area contributed by atoms with Crippen LogP contribution in [0.15, 0.2) is 0 Å². The first-order valence-corrected chi connectivity index (χ1v) is 8.67. The van der Waals surface area contributed by atoms with Crippen molar-refractivity contribution in [2.75, 3.05) is 6.79 Å². The second kappa shape index (κ2) is 7.75. The third kappa shape index (κ3) is 5.04. The van der Waals surface area contributed by atoms with Crippen LogP contribution in [0.4, 0.5) is 0 Å². The summed E-state index contributed by atoms with van der Waals surface area (Å²) >= 11 is 0.658. The topological polar surface area (TPSA) is 127 Å². The molecule has 1 saturated heterocycles. The molecule has 0 aromatic rings. The molecule has 0 aromatic heterocycles. The summed E-state index contributed by atoms with van der Waals surface area (Å²) in [6, 6.07) is 0. The molecule has 0 aromatic carbocycles. The number of imide groups is 1. The molecule has 0 unspecified atom stereocenters. The Balaban J connectivity index is 2.75. The Morgan fingerprint density at radius 3 is 2.08 bits per heavy atom. The molecule has 1 rings (SSSR count). The smallest absolute Gasteiger partial charge is 0.400 e. The van der Waals surface area contributed by atoms with Crippen LogP contribution in [0.5, 0.6) is 0 Å². The zero-order valence-corrected chi connectivity index (χ0v) is 16.3. The average Bonchev–Trinajstić information content (AvgIpc) is 2.43. The molecule has 146 valence electrons. The minimum atomic E-state index is -1.48. The summed E-state index contributed by atoms with van der Waals surface area (Å²) in [5, 5.41) is 8.65. The predicted octanol–water partition coefficient (Wildman–Crippen LogP) is 0.438. The van der Waals surface area contributed by atoms with Crippen molar-refractivity contribution in [3.63, 3.8) is 0 Å². The summed E-state index contributed by atoms with van der Waals surface area (Å²) in [6.45, 7) is 8.00. The number of likely N-dealkylation sites (tertiary alicyclic amines) is 1. The zero-order chi connectivity index (χ0) is 20.4. The van der Waals surface area contributed by atoms with Gasteiger partial charge in [0.15, 0.2) is 5.12 Å². The van der Waals surface area contributed by atoms with Crippen LogP contribution in [0.2, 0.25) is 0 Å². The molecule has 0 saturated carbocycles. The Labute approximate surface area is 155 Å². The zero-order valence-electron chi connectivity index (χ0n) is 15.5. The number of rotatable bonds is 4. The van der Waals surface area contributed by atoms with E-state index in [1.54, 1.807) is 20.8 Å². The number of aliphatic hydroxyl groups is 1. The highest BCUT2D eigenvalue weighted by molar-refractivity contribution is 8.14. The molecule has 2 atom stereocenters. The second-order valence-electron chi connectivity index (χ2n) is 7.38. The van der Waals surface area contributed by atoms with E-state index < -0.39 is 52.9 Å². The summed E-state index contributed by atoms with van der Waals surface area (Å²) in [7, 11) is 0. The Kier molecular flexibility index (Phi) is 6.59. The first-order chi connectivity index (χ1) is 11.7. The Bertz CT molecular complexity index is 631. The molecule has 1 fully saturated rings. The van der Waals surface area contributed by atoms with E-state index in [0.29, 0.717) is 16.7 Å². The number of thioether (sulfide) groups is 1. The fourth-order valence-electron chi connectivity index (χ4n) is 2.13. The van der Waals surface area contributed by atoms with E-state index in [9.17, 15) is 29.1 Å². The van der Waals surface area contributed by atoms with Crippen LogP contribution >= 0.6 is 11.8 Å². The fourth-order valence-corrected chi connectivity index (χ4v) is 3.37. The predicted molar refractivity (Wildman–Crippen MR) is 90.2 cm³/mol. The van der Waals surface area contributed by atoms with Gasteiger partial charge in [0, 0.05) is 6.92 Å². The van der Waals surface area contributed by atoms with Gasteiger partial charge in [-0.15, -0.1) is 0 Å². The maximum Gasteiger partial charge on any atom is 0.400 e. The number of carbonyl (C=O) groups excluding carboxylic acids is 5. The van der Waals surface area contributed by atoms with E-state index in [1.165, 1.54) is 20.8 Å². The molecule has 0 spiro atoms. The van der Waals surface area contributed by atoms with E-state index in [1.807, 2.05) is 0 Å². The van der Waals surface area contributed by atoms with Gasteiger partial charge in [-0.05, 0) is 34.6 Å². The van der Waals surface area contributed by atoms with Gasteiger partial charge < -0.3 is 14.6 Å². The lowest BCUT2D eigenvalue weighted by atomic mass is 9.83. The highest BCUT2D eigenvalue weighted by Gasteiger charge is 2.58. The standard InChI is InChI=1S/C16H23NO8S/c1-8(18)26-12-9(16(5,6)23)10(19)17(12)11(20)13(21)24-7-25-14(22)15(2,3)4/h9,12,23H,7H2,1-6H3/t9-,12-/m1/s1. The molecule has 1 aliphatic heterocycles. The lowest BCUT2D eigenvalue weighted by Crippen LogP contribution is -2.68. The molecule has 9 nitrogen and oxygen atoms in total. The van der Waals surface area contributed by atoms with Crippen LogP contribution in [-0.4, -0.2) is 56.6 Å². The number of ether oxygens (including phenoxy) is 2. The summed E-state index contributed by atoms with van der Waals surface area (Å²) in [4.78, 5) is 59.7. The van der Waals surface area contributed by atoms with E-state index in [2.05, 4.69) is 4.74 Å². The van der Waals surface area contributed by atoms with Gasteiger partial charge in [0.1, 0.15) is 5.37 Å². The van der Waals surface area contributed by atoms with Gasteiger partial charge in [0.2, 0.25) is 12.7 Å². The molecular weight excluding hydrogens is 366 g/mol. The number of hydrogen-bond acceptors (Lipinski definition) is 9. The highest BCUT2D eigenvalue weighted by atomic mass is 32.2. The number of hydrogen-bond donors (Lipinski definition) is 1. The number of amides is 2. The fraction of sp³-hybridized carbons (Fsp3) is 0.688. The monoisotopic (exact) mass is 389 g/mol. The second-order valence-corrected chi connectivity index (χ2v) is 8.67. The van der Waals surface area contributed by atoms with Gasteiger partial charge in [0.05, 0.1) is 16.9 Å². The van der Waals surface area contributed by atoms with Crippen molar-refractivity contribution in [2.24, 2.45) is 11.3 Å². The van der Waals surface area contributed by atoms with Crippen molar-refractivity contribution in [1.29, 1.82) is 0 Å². The van der Waals surface area contributed by atoms with Crippen molar-refractivity contribution in [1.82, 2.24) is 4.90 Å². The van der Waals surface area contributed by atoms with Gasteiger partial charge in [-0.25, -0.2) is 4.79 Å². The van der Waals surface area contributed by atoms with Crippen LogP contribution in [0.25, 0.3) is 0 Å². The minimum absolute atomic E-state index is 0.387. The maximum atomic E-state index is 12.2. The van der Waals surface area contributed by atoms with Crippen molar-refractivity contribution < 1.29 is 38.6 Å². The number of β-lactam (4-membered cyclic amide) rings is 1. The molecule has 1 aliphatic rings. The van der Waals surface area contributed by atoms with Crippen molar-refractivity contribution in [3.05, 3.63) is 0 Å². The first-order valence-electron chi connectivity index (χ1n) is 7.79. The van der Waals surface area contributed by atoms with Crippen LogP contribution in [0.1, 0.15) is 41.5 Å². The normalized spacial score (nSPS) is 20.3. The van der Waals surface area contributed by atoms with E-state index in [-0.39, 0.29) is 5.12 Å². The lowest BCUT2D eigenvalue weighted by Gasteiger charge is -2.48. The Hall–Kier alpha value is -1.94. The highest BCUT2D eigenvalue weighted by Crippen LogP contribution is 2.41. The molecule has 0 aliphatic carbocycles. The van der Waals surface area contributed by atoms with Gasteiger partial charge in [-0.3, -0.25) is 24.1 Å². The first kappa shape index (κ1) is 22.1. The SMILES string of the molecule is CC(=O)S[C@@H]1[C@H](C(C)(C)O)C(=O)N1C(=O)C(=O)OCOC(=O)C(C)(C)C. The Morgan fingerprint density at radius 1 is 1.12 bits per heavy atom. The third-order valence-corrected chi connectivity index (χ3v) is 4.53. The summed E-state index contributed by atoms with van der Waals surface area (Å²) in [5.41, 5.74) is -2.29. The molecule has 1 N–H and O–H groups in total. The molecule has 1 heterocycles. The molecule has 2 amide bonds. The molecule has 0 bridgehead atoms. The Morgan fingerprint density at radius 2 is 1.65 bits per heavy atom. The third-order valence-electron chi connectivity index (χ3n) is 3.48. The molecule has 10 heteroatoms. The van der Waals surface area contributed by atoms with Gasteiger partial charge in [0.25, 0.3) is 0 Å². The van der Waals surface area contributed by atoms with Crippen molar-refractivity contribution in [3.8, 4) is 0 Å². The van der Waals surface area contributed by atoms with Crippen LogP contribution in [-0.2, 0) is 33.4 Å². The molecule has 0 radical (unpaired) electrons. The quantitative estimate of drug-likeness (QED) is 0.315. The minimum Gasteiger partial charge on any atom is -0.427 e. The maximum absolute atomic E-state index is 12.2. The largest absolute Gasteiger partial charge is 0.427 e. The summed E-state index contributed by atoms with van der Waals surface area (Å²) in [6.07, 6.45) is 0. The summed E-state index contributed by atoms with van der Waals surface area (Å²) in [5.74, 6) is -5.13. The van der Waals surface area contributed by atoms with Gasteiger partial charge >= 0.3 is 17.8 Å². The van der Waals surface area contributed by atoms with Crippen molar-refractivity contribution >= 4 is 40.6 Å². The number of carbonyl (C=O) groups is 5. The average molecular weight is 389 g/mol. The van der Waals surface area contributed by atoms with Gasteiger partial charge in [-0.1, -0.05) is 11.8 Å².